The minimum absolute atomic E-state index is 0.0902. The Bertz CT molecular complexity index is 696. The molecule has 1 saturated heterocycles. The quantitative estimate of drug-likeness (QED) is 0.836. The minimum Gasteiger partial charge on any atom is -0.427 e. The Balaban J connectivity index is 2.19. The summed E-state index contributed by atoms with van der Waals surface area (Å²) in [5.74, 6) is 0.800. The smallest absolute Gasteiger partial charge is 0.349 e. The van der Waals surface area contributed by atoms with Crippen LogP contribution in [0.15, 0.2) is 15.3 Å². The summed E-state index contributed by atoms with van der Waals surface area (Å²) in [6, 6.07) is 1.80. The van der Waals surface area contributed by atoms with E-state index in [2.05, 4.69) is 13.8 Å². The van der Waals surface area contributed by atoms with E-state index in [-0.39, 0.29) is 18.0 Å². The Labute approximate surface area is 155 Å². The molecule has 0 spiro atoms. The molecule has 6 heteroatoms. The number of piperidine rings is 1. The van der Waals surface area contributed by atoms with Crippen LogP contribution in [0.4, 0.5) is 0 Å². The van der Waals surface area contributed by atoms with Crippen molar-refractivity contribution in [3.63, 3.8) is 0 Å². The summed E-state index contributed by atoms with van der Waals surface area (Å²) in [5.41, 5.74) is -0.780. The molecule has 1 atom stereocenters. The molecule has 1 unspecified atom stereocenters. The molecule has 1 aliphatic rings. The van der Waals surface area contributed by atoms with E-state index in [1.165, 1.54) is 0 Å². The second-order valence-corrected chi connectivity index (χ2v) is 8.28. The fourth-order valence-electron chi connectivity index (χ4n) is 3.65. The highest BCUT2D eigenvalue weighted by molar-refractivity contribution is 5.95. The summed E-state index contributed by atoms with van der Waals surface area (Å²) < 4.78 is 5.39. The number of nitrogens with zero attached hydrogens (tertiary/aromatic N) is 2. The van der Waals surface area contributed by atoms with Crippen LogP contribution < -0.4 is 5.63 Å². The zero-order valence-electron chi connectivity index (χ0n) is 16.7. The lowest BCUT2D eigenvalue weighted by molar-refractivity contribution is -0.0392. The molecule has 26 heavy (non-hydrogen) atoms. The van der Waals surface area contributed by atoms with Gasteiger partial charge in [0, 0.05) is 19.5 Å². The third-order valence-corrected chi connectivity index (χ3v) is 4.83. The first-order valence-corrected chi connectivity index (χ1v) is 9.41. The van der Waals surface area contributed by atoms with E-state index >= 15 is 0 Å². The normalized spacial score (nSPS) is 20.8. The number of hydrogen-bond donors (Lipinski definition) is 1. The van der Waals surface area contributed by atoms with Crippen LogP contribution in [0.5, 0.6) is 0 Å². The van der Waals surface area contributed by atoms with Gasteiger partial charge in [-0.2, -0.15) is 0 Å². The molecule has 2 rings (SSSR count). The van der Waals surface area contributed by atoms with E-state index in [9.17, 15) is 14.7 Å². The number of carbonyl (C=O) groups excluding carboxylic acids is 1. The molecule has 1 fully saturated rings. The van der Waals surface area contributed by atoms with Crippen molar-refractivity contribution < 1.29 is 14.3 Å². The average Bonchev–Trinajstić information content (AvgIpc) is 2.51. The van der Waals surface area contributed by atoms with Crippen LogP contribution in [-0.2, 0) is 6.42 Å². The molecule has 146 valence electrons. The van der Waals surface area contributed by atoms with Gasteiger partial charge in [-0.15, -0.1) is 0 Å². The van der Waals surface area contributed by atoms with Gasteiger partial charge in [-0.3, -0.25) is 4.79 Å². The van der Waals surface area contributed by atoms with Crippen molar-refractivity contribution in [2.24, 2.45) is 5.92 Å². The van der Waals surface area contributed by atoms with E-state index in [1.54, 1.807) is 17.9 Å². The number of hydrogen-bond acceptors (Lipinski definition) is 5. The maximum atomic E-state index is 12.9. The van der Waals surface area contributed by atoms with E-state index in [0.717, 1.165) is 6.42 Å². The summed E-state index contributed by atoms with van der Waals surface area (Å²) >= 11 is 0. The van der Waals surface area contributed by atoms with Crippen LogP contribution in [0.25, 0.3) is 0 Å². The first kappa shape index (κ1) is 20.6. The number of β-amino-alcohol motifs (C(OH)–C–C–N with tert-alkyl or cyclic N) is 1. The van der Waals surface area contributed by atoms with Crippen molar-refractivity contribution in [1.29, 1.82) is 0 Å². The Kier molecular flexibility index (Phi) is 6.64. The molecule has 0 saturated carbocycles. The topological polar surface area (TPSA) is 74.0 Å². The maximum absolute atomic E-state index is 12.9. The Morgan fingerprint density at radius 1 is 1.42 bits per heavy atom. The summed E-state index contributed by atoms with van der Waals surface area (Å²) in [5, 5.41) is 10.8. The van der Waals surface area contributed by atoms with E-state index in [0.29, 0.717) is 49.6 Å². The van der Waals surface area contributed by atoms with Crippen molar-refractivity contribution in [1.82, 2.24) is 9.80 Å². The SMILES string of the molecule is Cc1cc(CCC(C)C)oc(=O)c1C(=O)N1CCCC(O)(CN(C)C)C1. The van der Waals surface area contributed by atoms with Crippen LogP contribution in [-0.4, -0.2) is 60.1 Å². The fraction of sp³-hybridized carbons (Fsp3) is 0.700. The van der Waals surface area contributed by atoms with Crippen molar-refractivity contribution in [2.75, 3.05) is 33.7 Å². The molecule has 6 nitrogen and oxygen atoms in total. The Morgan fingerprint density at radius 3 is 2.69 bits per heavy atom. The number of carbonyl (C=O) groups is 1. The summed E-state index contributed by atoms with van der Waals surface area (Å²) in [6.45, 7) is 7.28. The van der Waals surface area contributed by atoms with Crippen molar-refractivity contribution in [3.05, 3.63) is 33.4 Å². The lowest BCUT2D eigenvalue weighted by Crippen LogP contribution is -2.55. The minimum atomic E-state index is -0.942. The van der Waals surface area contributed by atoms with Crippen molar-refractivity contribution in [2.45, 2.75) is 52.1 Å². The summed E-state index contributed by atoms with van der Waals surface area (Å²) in [7, 11) is 3.79. The van der Waals surface area contributed by atoms with Gasteiger partial charge in [0.2, 0.25) is 0 Å². The zero-order valence-corrected chi connectivity index (χ0v) is 16.7. The van der Waals surface area contributed by atoms with Crippen molar-refractivity contribution in [3.8, 4) is 0 Å². The molecule has 1 amide bonds. The molecule has 0 radical (unpaired) electrons. The predicted octanol–water partition coefficient (Wildman–Crippen LogP) is 2.07. The molecule has 1 aliphatic heterocycles. The summed E-state index contributed by atoms with van der Waals surface area (Å²) in [4.78, 5) is 28.9. The largest absolute Gasteiger partial charge is 0.427 e. The van der Waals surface area contributed by atoms with E-state index in [4.69, 9.17) is 4.42 Å². The number of aliphatic hydroxyl groups is 1. The van der Waals surface area contributed by atoms with Gasteiger partial charge in [0.15, 0.2) is 0 Å². The number of likely N-dealkylation sites (tertiary alicyclic amines) is 1. The molecule has 0 aromatic carbocycles. The van der Waals surface area contributed by atoms with Crippen LogP contribution in [0.2, 0.25) is 0 Å². The van der Waals surface area contributed by atoms with Crippen LogP contribution in [0, 0.1) is 12.8 Å². The second kappa shape index (κ2) is 8.35. The number of amides is 1. The number of rotatable bonds is 6. The van der Waals surface area contributed by atoms with Crippen LogP contribution in [0.1, 0.15) is 54.8 Å². The molecular formula is C20H32N2O4. The fourth-order valence-corrected chi connectivity index (χ4v) is 3.65. The molecular weight excluding hydrogens is 332 g/mol. The number of aryl methyl sites for hydroxylation is 2. The molecule has 0 bridgehead atoms. The first-order chi connectivity index (χ1) is 12.1. The van der Waals surface area contributed by atoms with E-state index in [1.807, 2.05) is 19.0 Å². The van der Waals surface area contributed by atoms with Gasteiger partial charge in [-0.25, -0.2) is 4.79 Å². The van der Waals surface area contributed by atoms with Crippen LogP contribution >= 0.6 is 0 Å². The zero-order chi connectivity index (χ0) is 19.5. The molecule has 1 aromatic heterocycles. The standard InChI is InChI=1S/C20H32N2O4/c1-14(2)7-8-16-11-15(3)17(19(24)26-16)18(23)22-10-6-9-20(25,13-22)12-21(4)5/h11,14,25H,6-10,12-13H2,1-5H3. The first-order valence-electron chi connectivity index (χ1n) is 9.41. The maximum Gasteiger partial charge on any atom is 0.349 e. The van der Waals surface area contributed by atoms with Crippen molar-refractivity contribution >= 4 is 5.91 Å². The van der Waals surface area contributed by atoms with Gasteiger partial charge < -0.3 is 19.3 Å². The predicted molar refractivity (Wildman–Crippen MR) is 102 cm³/mol. The van der Waals surface area contributed by atoms with Gasteiger partial charge in [-0.05, 0) is 57.8 Å². The molecule has 0 aliphatic carbocycles. The highest BCUT2D eigenvalue weighted by Crippen LogP contribution is 2.23. The number of likely N-dealkylation sites (N-methyl/N-ethyl adjacent to an activating group) is 1. The lowest BCUT2D eigenvalue weighted by atomic mass is 9.91. The van der Waals surface area contributed by atoms with Gasteiger partial charge in [-0.1, -0.05) is 13.8 Å². The third kappa shape index (κ3) is 5.17. The molecule has 2 heterocycles. The third-order valence-electron chi connectivity index (χ3n) is 4.83. The summed E-state index contributed by atoms with van der Waals surface area (Å²) in [6.07, 6.45) is 2.98. The Hall–Kier alpha value is -1.66. The van der Waals surface area contributed by atoms with Gasteiger partial charge >= 0.3 is 5.63 Å². The van der Waals surface area contributed by atoms with E-state index < -0.39 is 11.2 Å². The monoisotopic (exact) mass is 364 g/mol. The van der Waals surface area contributed by atoms with Gasteiger partial charge in [0.25, 0.3) is 5.91 Å². The second-order valence-electron chi connectivity index (χ2n) is 8.28. The molecule has 1 N–H and O–H groups in total. The lowest BCUT2D eigenvalue weighted by Gasteiger charge is -2.40. The van der Waals surface area contributed by atoms with Crippen LogP contribution in [0.3, 0.4) is 0 Å². The molecule has 1 aromatic rings. The highest BCUT2D eigenvalue weighted by Gasteiger charge is 2.37. The average molecular weight is 364 g/mol. The highest BCUT2D eigenvalue weighted by atomic mass is 16.4. The Morgan fingerprint density at radius 2 is 2.12 bits per heavy atom. The van der Waals surface area contributed by atoms with Gasteiger partial charge in [0.1, 0.15) is 11.3 Å². The van der Waals surface area contributed by atoms with Gasteiger partial charge in [0.05, 0.1) is 12.1 Å².